The molecular formula is C25H33N3O4Si. The molecule has 0 unspecified atom stereocenters. The largest absolute Gasteiger partial charge is 0.415 e. The molecule has 0 spiro atoms. The molecule has 7 nitrogen and oxygen atoms in total. The lowest BCUT2D eigenvalue weighted by atomic mass is 10.1. The molecule has 0 saturated carbocycles. The Balaban J connectivity index is 1.85. The zero-order valence-corrected chi connectivity index (χ0v) is 21.0. The summed E-state index contributed by atoms with van der Waals surface area (Å²) in [7, 11) is -2.02. The Bertz CT molecular complexity index is 1080. The number of nitrogens with one attached hydrogen (secondary N) is 1. The summed E-state index contributed by atoms with van der Waals surface area (Å²) in [5.41, 5.74) is 2.15. The molecule has 8 heteroatoms. The molecular weight excluding hydrogens is 434 g/mol. The molecule has 3 aromatic rings. The van der Waals surface area contributed by atoms with Crippen LogP contribution in [0, 0.1) is 10.1 Å². The number of anilines is 1. The summed E-state index contributed by atoms with van der Waals surface area (Å²) >= 11 is 0. The second kappa shape index (κ2) is 10.4. The van der Waals surface area contributed by atoms with E-state index in [0.717, 1.165) is 5.56 Å². The molecule has 1 atom stereocenters. The molecule has 33 heavy (non-hydrogen) atoms. The quantitative estimate of drug-likeness (QED) is 0.218. The fraction of sp³-hybridized carbons (Fsp3) is 0.400. The Hall–Kier alpha value is -2.81. The van der Waals surface area contributed by atoms with Crippen molar-refractivity contribution >= 4 is 30.6 Å². The van der Waals surface area contributed by atoms with Gasteiger partial charge in [0.1, 0.15) is 11.9 Å². The average Bonchev–Trinajstić information content (AvgIpc) is 2.77. The molecule has 0 aliphatic carbocycles. The van der Waals surface area contributed by atoms with Crippen LogP contribution in [0.15, 0.2) is 60.8 Å². The van der Waals surface area contributed by atoms with Gasteiger partial charge in [-0.25, -0.2) is 4.98 Å². The SMILES string of the molecule is CC(C)(C)[Si](C)(C)OC[C@H](COCc1ccccc1)Nc1c([N+](=O)[O-])cnc2ccccc12. The van der Waals surface area contributed by atoms with Crippen molar-refractivity contribution in [2.45, 2.75) is 51.6 Å². The number of nitro groups is 1. The second-order valence-corrected chi connectivity index (χ2v) is 14.5. The fourth-order valence-corrected chi connectivity index (χ4v) is 4.23. The first-order valence-corrected chi connectivity index (χ1v) is 14.0. The van der Waals surface area contributed by atoms with E-state index in [-0.39, 0.29) is 16.8 Å². The zero-order chi connectivity index (χ0) is 24.1. The Kier molecular flexibility index (Phi) is 7.83. The van der Waals surface area contributed by atoms with Crippen molar-refractivity contribution in [3.63, 3.8) is 0 Å². The number of rotatable bonds is 10. The molecule has 176 valence electrons. The number of pyridine rings is 1. The summed E-state index contributed by atoms with van der Waals surface area (Å²) in [6, 6.07) is 17.1. The van der Waals surface area contributed by atoms with Gasteiger partial charge in [-0.05, 0) is 29.8 Å². The Morgan fingerprint density at radius 1 is 1.06 bits per heavy atom. The highest BCUT2D eigenvalue weighted by molar-refractivity contribution is 6.74. The van der Waals surface area contributed by atoms with Gasteiger partial charge in [0, 0.05) is 5.39 Å². The standard InChI is InChI=1S/C25H33N3O4Si/c1-25(2,3)33(4,5)32-18-20(17-31-16-19-11-7-6-8-12-19)27-24-21-13-9-10-14-22(21)26-15-23(24)28(29)30/h6-15,20H,16-18H2,1-5H3,(H,26,27)/t20-/m0/s1. The number of ether oxygens (including phenoxy) is 1. The molecule has 0 radical (unpaired) electrons. The predicted molar refractivity (Wildman–Crippen MR) is 135 cm³/mol. The molecule has 1 N–H and O–H groups in total. The Morgan fingerprint density at radius 3 is 2.39 bits per heavy atom. The van der Waals surface area contributed by atoms with Crippen LogP contribution >= 0.6 is 0 Å². The van der Waals surface area contributed by atoms with Gasteiger partial charge in [-0.3, -0.25) is 10.1 Å². The highest BCUT2D eigenvalue weighted by Gasteiger charge is 2.37. The van der Waals surface area contributed by atoms with Gasteiger partial charge in [0.2, 0.25) is 0 Å². The van der Waals surface area contributed by atoms with Gasteiger partial charge in [-0.15, -0.1) is 0 Å². The number of aromatic nitrogens is 1. The van der Waals surface area contributed by atoms with Crippen molar-refractivity contribution in [1.82, 2.24) is 4.98 Å². The maximum Gasteiger partial charge on any atom is 0.311 e. The van der Waals surface area contributed by atoms with Crippen LogP contribution < -0.4 is 5.32 Å². The minimum Gasteiger partial charge on any atom is -0.415 e. The fourth-order valence-electron chi connectivity index (χ4n) is 3.18. The van der Waals surface area contributed by atoms with Gasteiger partial charge < -0.3 is 14.5 Å². The zero-order valence-electron chi connectivity index (χ0n) is 20.0. The molecule has 1 heterocycles. The highest BCUT2D eigenvalue weighted by atomic mass is 28.4. The molecule has 1 aromatic heterocycles. The lowest BCUT2D eigenvalue weighted by Crippen LogP contribution is -2.44. The minimum absolute atomic E-state index is 0.0534. The van der Waals surface area contributed by atoms with Crippen LogP contribution in [0.25, 0.3) is 10.9 Å². The van der Waals surface area contributed by atoms with Crippen LogP contribution in [0.3, 0.4) is 0 Å². The monoisotopic (exact) mass is 467 g/mol. The molecule has 0 bridgehead atoms. The van der Waals surface area contributed by atoms with Gasteiger partial charge >= 0.3 is 5.69 Å². The van der Waals surface area contributed by atoms with Crippen molar-refractivity contribution in [1.29, 1.82) is 0 Å². The van der Waals surface area contributed by atoms with Crippen LogP contribution in [0.5, 0.6) is 0 Å². The molecule has 0 aliphatic heterocycles. The maximum atomic E-state index is 11.8. The van der Waals surface area contributed by atoms with Gasteiger partial charge in [-0.2, -0.15) is 0 Å². The number of para-hydroxylation sites is 1. The van der Waals surface area contributed by atoms with Crippen molar-refractivity contribution in [3.8, 4) is 0 Å². The minimum atomic E-state index is -2.02. The number of nitrogens with zero attached hydrogens (tertiary/aromatic N) is 2. The third-order valence-electron chi connectivity index (χ3n) is 6.18. The van der Waals surface area contributed by atoms with E-state index in [1.54, 1.807) is 0 Å². The first kappa shape index (κ1) is 24.8. The number of benzene rings is 2. The predicted octanol–water partition coefficient (Wildman–Crippen LogP) is 6.16. The topological polar surface area (TPSA) is 86.5 Å². The van der Waals surface area contributed by atoms with Gasteiger partial charge in [0.15, 0.2) is 8.32 Å². The first-order valence-electron chi connectivity index (χ1n) is 11.1. The molecule has 0 aliphatic rings. The first-order chi connectivity index (χ1) is 15.6. The van der Waals surface area contributed by atoms with Crippen molar-refractivity contribution in [2.75, 3.05) is 18.5 Å². The van der Waals surface area contributed by atoms with Crippen LogP contribution in [0.2, 0.25) is 18.1 Å². The smallest absolute Gasteiger partial charge is 0.311 e. The Labute approximate surface area is 196 Å². The highest BCUT2D eigenvalue weighted by Crippen LogP contribution is 2.37. The van der Waals surface area contributed by atoms with Crippen LogP contribution in [0.1, 0.15) is 26.3 Å². The van der Waals surface area contributed by atoms with E-state index < -0.39 is 13.2 Å². The van der Waals surface area contributed by atoms with Gasteiger partial charge in [-0.1, -0.05) is 69.3 Å². The summed E-state index contributed by atoms with van der Waals surface area (Å²) in [5, 5.41) is 15.9. The van der Waals surface area contributed by atoms with Crippen molar-refractivity contribution < 1.29 is 14.1 Å². The lowest BCUT2D eigenvalue weighted by molar-refractivity contribution is -0.384. The third-order valence-corrected chi connectivity index (χ3v) is 10.7. The number of fused-ring (bicyclic) bond motifs is 1. The number of hydrogen-bond donors (Lipinski definition) is 1. The average molecular weight is 468 g/mol. The third kappa shape index (κ3) is 6.37. The van der Waals surface area contributed by atoms with Crippen LogP contribution in [0.4, 0.5) is 11.4 Å². The second-order valence-electron chi connectivity index (χ2n) is 9.71. The molecule has 0 amide bonds. The van der Waals surface area contributed by atoms with E-state index in [2.05, 4.69) is 44.2 Å². The van der Waals surface area contributed by atoms with Crippen molar-refractivity contribution in [2.24, 2.45) is 0 Å². The lowest BCUT2D eigenvalue weighted by Gasteiger charge is -2.37. The van der Waals surface area contributed by atoms with E-state index in [1.165, 1.54) is 6.20 Å². The summed E-state index contributed by atoms with van der Waals surface area (Å²) in [6.07, 6.45) is 1.31. The van der Waals surface area contributed by atoms with Crippen LogP contribution in [-0.4, -0.2) is 37.5 Å². The van der Waals surface area contributed by atoms with E-state index in [4.69, 9.17) is 9.16 Å². The molecule has 0 fully saturated rings. The van der Waals surface area contributed by atoms with E-state index in [1.807, 2.05) is 54.6 Å². The molecule has 2 aromatic carbocycles. The molecule has 3 rings (SSSR count). The summed E-state index contributed by atoms with van der Waals surface area (Å²) < 4.78 is 12.5. The Morgan fingerprint density at radius 2 is 1.73 bits per heavy atom. The summed E-state index contributed by atoms with van der Waals surface area (Å²) in [5.74, 6) is 0. The van der Waals surface area contributed by atoms with Crippen molar-refractivity contribution in [3.05, 3.63) is 76.5 Å². The maximum absolute atomic E-state index is 11.8. The van der Waals surface area contributed by atoms with Crippen LogP contribution in [-0.2, 0) is 15.8 Å². The van der Waals surface area contributed by atoms with Gasteiger partial charge in [0.25, 0.3) is 0 Å². The number of hydrogen-bond acceptors (Lipinski definition) is 6. The summed E-state index contributed by atoms with van der Waals surface area (Å²) in [6.45, 7) is 12.1. The van der Waals surface area contributed by atoms with E-state index in [0.29, 0.717) is 36.4 Å². The van der Waals surface area contributed by atoms with E-state index >= 15 is 0 Å². The summed E-state index contributed by atoms with van der Waals surface area (Å²) in [4.78, 5) is 15.6. The normalized spacial score (nSPS) is 13.1. The van der Waals surface area contributed by atoms with E-state index in [9.17, 15) is 10.1 Å². The van der Waals surface area contributed by atoms with Gasteiger partial charge in [0.05, 0.1) is 36.3 Å². The molecule has 0 saturated heterocycles.